The molecular weight excluding hydrogens is 382 g/mol. The summed E-state index contributed by atoms with van der Waals surface area (Å²) in [4.78, 5) is 31.4. The van der Waals surface area contributed by atoms with Crippen LogP contribution in [0.5, 0.6) is 0 Å². The van der Waals surface area contributed by atoms with Crippen molar-refractivity contribution in [3.8, 4) is 10.6 Å². The number of benzene rings is 2. The molecule has 2 aromatic carbocycles. The number of carbonyl (C=O) groups excluding carboxylic acids is 1. The third kappa shape index (κ3) is 3.23. The minimum atomic E-state index is -0.135. The Morgan fingerprint density at radius 1 is 0.897 bits per heavy atom. The number of thiazole rings is 1. The maximum atomic E-state index is 13.4. The molecule has 0 fully saturated rings. The van der Waals surface area contributed by atoms with Gasteiger partial charge in [-0.1, -0.05) is 42.5 Å². The minimum absolute atomic E-state index is 0.135. The standard InChI is InChI=1S/C22H19N5OS/c1-26-12-7-13-27(20-19(26)23-16-10-5-6-11-17(16)24-20)22(28)18-14-29-21(25-18)15-8-3-2-4-9-15/h2-6,8-11,14H,7,12-13H2,1H3. The highest BCUT2D eigenvalue weighted by atomic mass is 32.1. The number of hydrogen-bond acceptors (Lipinski definition) is 6. The number of fused-ring (bicyclic) bond motifs is 2. The van der Waals surface area contributed by atoms with Crippen LogP contribution in [0.4, 0.5) is 11.6 Å². The first-order valence-corrected chi connectivity index (χ1v) is 10.4. The fourth-order valence-electron chi connectivity index (χ4n) is 3.52. The van der Waals surface area contributed by atoms with Crippen LogP contribution in [0.3, 0.4) is 0 Å². The van der Waals surface area contributed by atoms with Crippen molar-refractivity contribution >= 4 is 39.9 Å². The molecule has 3 heterocycles. The molecule has 0 saturated heterocycles. The van der Waals surface area contributed by atoms with Crippen molar-refractivity contribution in [1.29, 1.82) is 0 Å². The topological polar surface area (TPSA) is 62.2 Å². The van der Waals surface area contributed by atoms with E-state index < -0.39 is 0 Å². The maximum Gasteiger partial charge on any atom is 0.279 e. The molecule has 1 amide bonds. The summed E-state index contributed by atoms with van der Waals surface area (Å²) < 4.78 is 0. The normalized spacial score (nSPS) is 14.0. The summed E-state index contributed by atoms with van der Waals surface area (Å²) in [5, 5.41) is 2.67. The molecule has 6 nitrogen and oxygen atoms in total. The summed E-state index contributed by atoms with van der Waals surface area (Å²) >= 11 is 1.48. The van der Waals surface area contributed by atoms with E-state index in [0.29, 0.717) is 18.1 Å². The molecule has 2 aromatic heterocycles. The third-order valence-electron chi connectivity index (χ3n) is 5.02. The van der Waals surface area contributed by atoms with Crippen LogP contribution in [-0.2, 0) is 0 Å². The van der Waals surface area contributed by atoms with Gasteiger partial charge in [0.15, 0.2) is 11.6 Å². The van der Waals surface area contributed by atoms with Crippen LogP contribution in [0.2, 0.25) is 0 Å². The van der Waals surface area contributed by atoms with Gasteiger partial charge in [-0.25, -0.2) is 15.0 Å². The summed E-state index contributed by atoms with van der Waals surface area (Å²) in [6.07, 6.45) is 0.840. The number of aromatic nitrogens is 3. The molecule has 1 aliphatic heterocycles. The van der Waals surface area contributed by atoms with Gasteiger partial charge in [-0.2, -0.15) is 0 Å². The molecule has 0 N–H and O–H groups in total. The molecule has 0 radical (unpaired) electrons. The Kier molecular flexibility index (Phi) is 4.44. The van der Waals surface area contributed by atoms with E-state index in [-0.39, 0.29) is 5.91 Å². The van der Waals surface area contributed by atoms with E-state index in [1.165, 1.54) is 11.3 Å². The highest BCUT2D eigenvalue weighted by molar-refractivity contribution is 7.13. The summed E-state index contributed by atoms with van der Waals surface area (Å²) in [5.41, 5.74) is 3.06. The van der Waals surface area contributed by atoms with Crippen LogP contribution in [0.15, 0.2) is 60.0 Å². The Morgan fingerprint density at radius 2 is 1.59 bits per heavy atom. The van der Waals surface area contributed by atoms with Gasteiger partial charge in [0.05, 0.1) is 11.0 Å². The lowest BCUT2D eigenvalue weighted by molar-refractivity contribution is 0.0982. The van der Waals surface area contributed by atoms with Gasteiger partial charge in [0, 0.05) is 31.1 Å². The Bertz CT molecular complexity index is 1190. The van der Waals surface area contributed by atoms with Gasteiger partial charge in [0.1, 0.15) is 10.7 Å². The van der Waals surface area contributed by atoms with Crippen LogP contribution in [0, 0.1) is 0 Å². The first kappa shape index (κ1) is 17.8. The SMILES string of the molecule is CN1CCCN(C(=O)c2csc(-c3ccccc3)n2)c2nc3ccccc3nc21. The zero-order valence-corrected chi connectivity index (χ0v) is 16.8. The predicted molar refractivity (Wildman–Crippen MR) is 117 cm³/mol. The second-order valence-electron chi connectivity index (χ2n) is 7.00. The van der Waals surface area contributed by atoms with E-state index in [1.807, 2.05) is 67.0 Å². The number of rotatable bonds is 2. The molecule has 1 aliphatic rings. The zero-order valence-electron chi connectivity index (χ0n) is 15.9. The Morgan fingerprint density at radius 3 is 2.34 bits per heavy atom. The van der Waals surface area contributed by atoms with E-state index in [0.717, 1.165) is 40.4 Å². The fourth-order valence-corrected chi connectivity index (χ4v) is 4.32. The summed E-state index contributed by atoms with van der Waals surface area (Å²) in [5.74, 6) is 1.19. The predicted octanol–water partition coefficient (Wildman–Crippen LogP) is 4.24. The van der Waals surface area contributed by atoms with Crippen molar-refractivity contribution in [2.24, 2.45) is 0 Å². The zero-order chi connectivity index (χ0) is 19.8. The van der Waals surface area contributed by atoms with Crippen LogP contribution < -0.4 is 9.80 Å². The highest BCUT2D eigenvalue weighted by Crippen LogP contribution is 2.32. The Hall–Kier alpha value is -3.32. The first-order chi connectivity index (χ1) is 14.2. The number of carbonyl (C=O) groups is 1. The molecule has 4 aromatic rings. The molecule has 0 aliphatic carbocycles. The minimum Gasteiger partial charge on any atom is -0.357 e. The lowest BCUT2D eigenvalue weighted by Gasteiger charge is -2.22. The largest absolute Gasteiger partial charge is 0.357 e. The van der Waals surface area contributed by atoms with E-state index in [4.69, 9.17) is 9.97 Å². The molecule has 0 unspecified atom stereocenters. The van der Waals surface area contributed by atoms with E-state index in [1.54, 1.807) is 4.90 Å². The first-order valence-electron chi connectivity index (χ1n) is 9.51. The summed E-state index contributed by atoms with van der Waals surface area (Å²) in [6.45, 7) is 1.40. The van der Waals surface area contributed by atoms with E-state index >= 15 is 0 Å². The van der Waals surface area contributed by atoms with Crippen molar-refractivity contribution in [2.75, 3.05) is 29.9 Å². The van der Waals surface area contributed by atoms with Gasteiger partial charge < -0.3 is 4.90 Å². The molecule has 144 valence electrons. The van der Waals surface area contributed by atoms with E-state index in [2.05, 4.69) is 9.88 Å². The molecule has 0 atom stereocenters. The van der Waals surface area contributed by atoms with Crippen LogP contribution in [0.25, 0.3) is 21.6 Å². The number of anilines is 2. The quantitative estimate of drug-likeness (QED) is 0.503. The van der Waals surface area contributed by atoms with Crippen LogP contribution >= 0.6 is 11.3 Å². The molecule has 5 rings (SSSR count). The van der Waals surface area contributed by atoms with Gasteiger partial charge in [-0.3, -0.25) is 9.69 Å². The average Bonchev–Trinajstić information content (AvgIpc) is 3.20. The Balaban J connectivity index is 1.56. The molecule has 7 heteroatoms. The lowest BCUT2D eigenvalue weighted by atomic mass is 10.2. The molecular formula is C22H19N5OS. The second-order valence-corrected chi connectivity index (χ2v) is 7.85. The van der Waals surface area contributed by atoms with Gasteiger partial charge in [0.2, 0.25) is 0 Å². The summed E-state index contributed by atoms with van der Waals surface area (Å²) in [6, 6.07) is 17.7. The van der Waals surface area contributed by atoms with Gasteiger partial charge in [-0.15, -0.1) is 11.3 Å². The van der Waals surface area contributed by atoms with Crippen molar-refractivity contribution in [3.05, 3.63) is 65.7 Å². The van der Waals surface area contributed by atoms with Crippen molar-refractivity contribution in [3.63, 3.8) is 0 Å². The molecule has 0 spiro atoms. The monoisotopic (exact) mass is 401 g/mol. The van der Waals surface area contributed by atoms with Crippen molar-refractivity contribution in [2.45, 2.75) is 6.42 Å². The smallest absolute Gasteiger partial charge is 0.279 e. The molecule has 29 heavy (non-hydrogen) atoms. The third-order valence-corrected chi connectivity index (χ3v) is 5.91. The van der Waals surface area contributed by atoms with Gasteiger partial charge in [-0.05, 0) is 18.6 Å². The number of para-hydroxylation sites is 2. The number of hydrogen-bond donors (Lipinski definition) is 0. The number of nitrogens with zero attached hydrogens (tertiary/aromatic N) is 5. The van der Waals surface area contributed by atoms with Crippen molar-refractivity contribution in [1.82, 2.24) is 15.0 Å². The lowest BCUT2D eigenvalue weighted by Crippen LogP contribution is -2.32. The Labute approximate surface area is 172 Å². The molecule has 0 saturated carbocycles. The van der Waals surface area contributed by atoms with Gasteiger partial charge >= 0.3 is 0 Å². The second kappa shape index (κ2) is 7.25. The van der Waals surface area contributed by atoms with Gasteiger partial charge in [0.25, 0.3) is 5.91 Å². The fraction of sp³-hybridized carbons (Fsp3) is 0.182. The number of amides is 1. The maximum absolute atomic E-state index is 13.4. The highest BCUT2D eigenvalue weighted by Gasteiger charge is 2.28. The van der Waals surface area contributed by atoms with Crippen LogP contribution in [0.1, 0.15) is 16.9 Å². The average molecular weight is 401 g/mol. The summed E-state index contributed by atoms with van der Waals surface area (Å²) in [7, 11) is 1.99. The van der Waals surface area contributed by atoms with Crippen molar-refractivity contribution < 1.29 is 4.79 Å². The van der Waals surface area contributed by atoms with Crippen LogP contribution in [-0.4, -0.2) is 41.0 Å². The van der Waals surface area contributed by atoms with E-state index in [9.17, 15) is 4.79 Å². The molecule has 0 bridgehead atoms.